The summed E-state index contributed by atoms with van der Waals surface area (Å²) in [7, 11) is -9.20. The van der Waals surface area contributed by atoms with Crippen molar-refractivity contribution in [3.05, 3.63) is 72.8 Å². The molecule has 4 aromatic rings. The summed E-state index contributed by atoms with van der Waals surface area (Å²) < 4.78 is 55.1. The van der Waals surface area contributed by atoms with Gasteiger partial charge in [-0.2, -0.15) is 16.8 Å². The van der Waals surface area contributed by atoms with E-state index in [1.807, 2.05) is 0 Å². The summed E-state index contributed by atoms with van der Waals surface area (Å²) in [5, 5.41) is 2.40. The molecule has 0 radical (unpaired) electrons. The van der Waals surface area contributed by atoms with Gasteiger partial charge in [0.05, 0.1) is 9.79 Å². The summed E-state index contributed by atoms with van der Waals surface area (Å²) in [5.41, 5.74) is 12.6. The van der Waals surface area contributed by atoms with Gasteiger partial charge in [0, 0.05) is 22.1 Å². The monoisotopic (exact) mass is 428 g/mol. The van der Waals surface area contributed by atoms with Gasteiger partial charge < -0.3 is 11.5 Å². The second-order valence-corrected chi connectivity index (χ2v) is 9.74. The summed E-state index contributed by atoms with van der Waals surface area (Å²) in [5.74, 6) is 0. The van der Waals surface area contributed by atoms with Crippen LogP contribution in [0.1, 0.15) is 0 Å². The maximum Gasteiger partial charge on any atom is 0.311 e. The minimum atomic E-state index is -4.60. The summed E-state index contributed by atoms with van der Waals surface area (Å²) in [6.45, 7) is 0. The molecule has 0 unspecified atom stereocenters. The molecule has 4 aromatic carbocycles. The van der Waals surface area contributed by atoms with Gasteiger partial charge in [0.1, 0.15) is 0 Å². The van der Waals surface area contributed by atoms with Gasteiger partial charge in [-0.15, -0.1) is 3.63 Å². The number of nitrogens with two attached hydrogens (primary N) is 2. The minimum Gasteiger partial charge on any atom is -0.398 e. The van der Waals surface area contributed by atoms with Crippen LogP contribution < -0.4 is 11.5 Å². The van der Waals surface area contributed by atoms with E-state index in [2.05, 4.69) is 3.63 Å². The van der Waals surface area contributed by atoms with Crippen molar-refractivity contribution in [1.29, 1.82) is 0 Å². The Hall–Kier alpha value is -3.14. The predicted octanol–water partition coefficient (Wildman–Crippen LogP) is 3.25. The number of hydrogen-bond donors (Lipinski definition) is 2. The number of anilines is 2. The quantitative estimate of drug-likeness (QED) is 0.477. The normalized spacial score (nSPS) is 12.4. The first kappa shape index (κ1) is 19.2. The highest BCUT2D eigenvalue weighted by Gasteiger charge is 2.27. The molecule has 29 heavy (non-hydrogen) atoms. The Morgan fingerprint density at radius 1 is 0.586 bits per heavy atom. The van der Waals surface area contributed by atoms with Crippen molar-refractivity contribution in [1.82, 2.24) is 0 Å². The Morgan fingerprint density at radius 2 is 1.14 bits per heavy atom. The molecular formula is C20H16N2O5S2. The van der Waals surface area contributed by atoms with Crippen LogP contribution in [-0.4, -0.2) is 16.8 Å². The Labute approximate surface area is 167 Å². The van der Waals surface area contributed by atoms with E-state index in [4.69, 9.17) is 11.5 Å². The average molecular weight is 428 g/mol. The number of benzene rings is 4. The van der Waals surface area contributed by atoms with E-state index in [1.54, 1.807) is 36.4 Å². The van der Waals surface area contributed by atoms with E-state index in [0.29, 0.717) is 27.5 Å². The van der Waals surface area contributed by atoms with Crippen LogP contribution in [0.3, 0.4) is 0 Å². The molecule has 0 amide bonds. The van der Waals surface area contributed by atoms with E-state index in [1.165, 1.54) is 36.4 Å². The molecule has 4 rings (SSSR count). The van der Waals surface area contributed by atoms with Crippen LogP contribution in [0, 0.1) is 0 Å². The molecule has 0 heterocycles. The Kier molecular flexibility index (Phi) is 4.45. The zero-order valence-electron chi connectivity index (χ0n) is 14.9. The van der Waals surface area contributed by atoms with Gasteiger partial charge in [0.15, 0.2) is 0 Å². The Bertz CT molecular complexity index is 1480. The molecular weight excluding hydrogens is 412 g/mol. The van der Waals surface area contributed by atoms with E-state index < -0.39 is 20.2 Å². The zero-order valence-corrected chi connectivity index (χ0v) is 16.6. The van der Waals surface area contributed by atoms with Gasteiger partial charge in [0.2, 0.25) is 0 Å². The van der Waals surface area contributed by atoms with E-state index >= 15 is 0 Å². The van der Waals surface area contributed by atoms with Crippen molar-refractivity contribution < 1.29 is 20.5 Å². The third kappa shape index (κ3) is 3.51. The van der Waals surface area contributed by atoms with Crippen LogP contribution in [0.25, 0.3) is 21.5 Å². The Balaban J connectivity index is 1.74. The summed E-state index contributed by atoms with van der Waals surface area (Å²) >= 11 is 0. The zero-order chi connectivity index (χ0) is 20.8. The SMILES string of the molecule is Nc1cccc2cc(S(=O)(=O)OS(=O)(=O)c3ccc4cccc(N)c4c3)ccc12. The fourth-order valence-electron chi connectivity index (χ4n) is 3.07. The highest BCUT2D eigenvalue weighted by molar-refractivity contribution is 7.99. The molecule has 7 nitrogen and oxygen atoms in total. The first-order chi connectivity index (χ1) is 13.7. The number of fused-ring (bicyclic) bond motifs is 2. The number of hydrogen-bond acceptors (Lipinski definition) is 7. The molecule has 0 aromatic heterocycles. The molecule has 0 atom stereocenters. The largest absolute Gasteiger partial charge is 0.398 e. The maximum absolute atomic E-state index is 12.6. The fourth-order valence-corrected chi connectivity index (χ4v) is 5.65. The first-order valence-corrected chi connectivity index (χ1v) is 11.3. The lowest BCUT2D eigenvalue weighted by molar-refractivity contribution is 0.462. The van der Waals surface area contributed by atoms with E-state index in [-0.39, 0.29) is 9.79 Å². The molecule has 0 bridgehead atoms. The van der Waals surface area contributed by atoms with Crippen LogP contribution in [-0.2, 0) is 23.9 Å². The van der Waals surface area contributed by atoms with Gasteiger partial charge in [-0.25, -0.2) is 0 Å². The molecule has 0 aliphatic carbocycles. The van der Waals surface area contributed by atoms with Crippen LogP contribution >= 0.6 is 0 Å². The Morgan fingerprint density at radius 3 is 1.83 bits per heavy atom. The lowest BCUT2D eigenvalue weighted by Gasteiger charge is -2.09. The van der Waals surface area contributed by atoms with Crippen molar-refractivity contribution in [2.75, 3.05) is 11.5 Å². The van der Waals surface area contributed by atoms with E-state index in [9.17, 15) is 16.8 Å². The molecule has 9 heteroatoms. The highest BCUT2D eigenvalue weighted by Crippen LogP contribution is 2.29. The molecule has 0 spiro atoms. The average Bonchev–Trinajstić information content (AvgIpc) is 2.67. The lowest BCUT2D eigenvalue weighted by Crippen LogP contribution is -2.14. The summed E-state index contributed by atoms with van der Waals surface area (Å²) in [4.78, 5) is -0.601. The lowest BCUT2D eigenvalue weighted by atomic mass is 10.1. The first-order valence-electron chi connectivity index (χ1n) is 8.45. The minimum absolute atomic E-state index is 0.292. The van der Waals surface area contributed by atoms with Crippen LogP contribution in [0.2, 0.25) is 0 Å². The fraction of sp³-hybridized carbons (Fsp3) is 0. The molecule has 0 aliphatic rings. The molecule has 0 fully saturated rings. The topological polar surface area (TPSA) is 130 Å². The smallest absolute Gasteiger partial charge is 0.311 e. The van der Waals surface area contributed by atoms with Crippen molar-refractivity contribution in [2.45, 2.75) is 9.79 Å². The molecule has 148 valence electrons. The highest BCUT2D eigenvalue weighted by atomic mass is 32.3. The van der Waals surface area contributed by atoms with Gasteiger partial charge in [-0.3, -0.25) is 0 Å². The predicted molar refractivity (Wildman–Crippen MR) is 112 cm³/mol. The molecule has 0 aliphatic heterocycles. The third-order valence-corrected chi connectivity index (χ3v) is 7.63. The molecule has 0 saturated heterocycles. The van der Waals surface area contributed by atoms with Crippen molar-refractivity contribution in [3.63, 3.8) is 0 Å². The van der Waals surface area contributed by atoms with Crippen molar-refractivity contribution in [2.24, 2.45) is 0 Å². The maximum atomic E-state index is 12.6. The number of rotatable bonds is 4. The molecule has 4 N–H and O–H groups in total. The summed E-state index contributed by atoms with van der Waals surface area (Å²) in [6.07, 6.45) is 0. The van der Waals surface area contributed by atoms with Crippen molar-refractivity contribution >= 4 is 53.2 Å². The van der Waals surface area contributed by atoms with Crippen molar-refractivity contribution in [3.8, 4) is 0 Å². The van der Waals surface area contributed by atoms with Gasteiger partial charge in [-0.05, 0) is 47.2 Å². The second kappa shape index (κ2) is 6.73. The number of nitrogen functional groups attached to an aromatic ring is 2. The van der Waals surface area contributed by atoms with E-state index in [0.717, 1.165) is 5.39 Å². The summed E-state index contributed by atoms with van der Waals surface area (Å²) in [6, 6.07) is 18.3. The van der Waals surface area contributed by atoms with Crippen LogP contribution in [0.15, 0.2) is 82.6 Å². The molecule has 0 saturated carbocycles. The third-order valence-electron chi connectivity index (χ3n) is 4.53. The van der Waals surface area contributed by atoms with Crippen LogP contribution in [0.4, 0.5) is 11.4 Å². The van der Waals surface area contributed by atoms with Gasteiger partial charge in [-0.1, -0.05) is 36.4 Å². The standard InChI is InChI=1S/C20H16N2O5S2/c21-19-5-2-4-14-11-15(9-10-17(14)19)28(23,24)27-29(25,26)16-8-7-13-3-1-6-20(22)18(13)12-16/h1-12H,21-22H2. The van der Waals surface area contributed by atoms with Crippen LogP contribution in [0.5, 0.6) is 0 Å². The second-order valence-electron chi connectivity index (χ2n) is 6.44. The van der Waals surface area contributed by atoms with Gasteiger partial charge >= 0.3 is 20.2 Å². The van der Waals surface area contributed by atoms with Gasteiger partial charge in [0.25, 0.3) is 0 Å².